The van der Waals surface area contributed by atoms with E-state index in [1.165, 1.54) is 18.5 Å². The van der Waals surface area contributed by atoms with Crippen molar-refractivity contribution in [2.75, 3.05) is 11.3 Å². The predicted molar refractivity (Wildman–Crippen MR) is 78.2 cm³/mol. The first kappa shape index (κ1) is 14.7. The van der Waals surface area contributed by atoms with Crippen LogP contribution in [0.15, 0.2) is 46.0 Å². The fourth-order valence-corrected chi connectivity index (χ4v) is 3.48. The fraction of sp³-hybridized carbons (Fsp3) is 0.167. The van der Waals surface area contributed by atoms with Crippen molar-refractivity contribution < 1.29 is 13.2 Å². The molecule has 0 fully saturated rings. The molecule has 0 aliphatic rings. The van der Waals surface area contributed by atoms with Crippen molar-refractivity contribution in [3.63, 3.8) is 0 Å². The first-order valence-electron chi connectivity index (χ1n) is 5.75. The van der Waals surface area contributed by atoms with Crippen LogP contribution in [0.3, 0.4) is 0 Å². The van der Waals surface area contributed by atoms with Gasteiger partial charge in [0.25, 0.3) is 10.0 Å². The van der Waals surface area contributed by atoms with Gasteiger partial charge in [-0.25, -0.2) is 18.4 Å². The van der Waals surface area contributed by atoms with E-state index in [2.05, 4.69) is 30.6 Å². The molecular formula is C12H12BrN3O3S. The van der Waals surface area contributed by atoms with E-state index >= 15 is 0 Å². The molecule has 1 N–H and O–H groups in total. The van der Waals surface area contributed by atoms with Crippen molar-refractivity contribution in [2.24, 2.45) is 0 Å². The van der Waals surface area contributed by atoms with Crippen LogP contribution in [0.2, 0.25) is 0 Å². The van der Waals surface area contributed by atoms with Gasteiger partial charge in [-0.1, -0.05) is 12.1 Å². The van der Waals surface area contributed by atoms with Crippen molar-refractivity contribution in [2.45, 2.75) is 11.8 Å². The van der Waals surface area contributed by atoms with Crippen molar-refractivity contribution in [3.8, 4) is 6.01 Å². The van der Waals surface area contributed by atoms with Gasteiger partial charge in [-0.3, -0.25) is 4.72 Å². The topological polar surface area (TPSA) is 81.2 Å². The van der Waals surface area contributed by atoms with Gasteiger partial charge < -0.3 is 4.74 Å². The van der Waals surface area contributed by atoms with E-state index in [1.807, 2.05) is 6.92 Å². The number of rotatable bonds is 5. The van der Waals surface area contributed by atoms with Crippen LogP contribution in [0.25, 0.3) is 0 Å². The van der Waals surface area contributed by atoms with Gasteiger partial charge >= 0.3 is 6.01 Å². The fourth-order valence-electron chi connectivity index (χ4n) is 1.45. The molecule has 1 heterocycles. The highest BCUT2D eigenvalue weighted by molar-refractivity contribution is 9.10. The summed E-state index contributed by atoms with van der Waals surface area (Å²) in [5.74, 6) is 0. The monoisotopic (exact) mass is 357 g/mol. The molecule has 0 amide bonds. The van der Waals surface area contributed by atoms with Gasteiger partial charge in [-0.15, -0.1) is 0 Å². The molecule has 0 aliphatic carbocycles. The number of nitrogens with zero attached hydrogens (tertiary/aromatic N) is 2. The van der Waals surface area contributed by atoms with Crippen LogP contribution in [0, 0.1) is 0 Å². The molecule has 0 aliphatic heterocycles. The number of ether oxygens (including phenoxy) is 1. The van der Waals surface area contributed by atoms with Gasteiger partial charge in [-0.2, -0.15) is 0 Å². The number of halogens is 1. The summed E-state index contributed by atoms with van der Waals surface area (Å²) in [6, 6.07) is 6.75. The summed E-state index contributed by atoms with van der Waals surface area (Å²) in [6.07, 6.45) is 2.71. The maximum absolute atomic E-state index is 12.2. The van der Waals surface area contributed by atoms with Gasteiger partial charge in [0.1, 0.15) is 4.90 Å². The lowest BCUT2D eigenvalue weighted by molar-refractivity contribution is 0.312. The Bertz CT molecular complexity index is 689. The number of hydrogen-bond acceptors (Lipinski definition) is 5. The standard InChI is InChI=1S/C12H12BrN3O3S/c1-2-19-12-14-7-9(8-15-12)16-20(17,18)11-6-4-3-5-10(11)13/h3-8,16H,2H2,1H3. The zero-order valence-electron chi connectivity index (χ0n) is 10.6. The first-order valence-corrected chi connectivity index (χ1v) is 8.02. The van der Waals surface area contributed by atoms with E-state index in [9.17, 15) is 8.42 Å². The second kappa shape index (κ2) is 6.19. The normalized spacial score (nSPS) is 11.1. The van der Waals surface area contributed by atoms with E-state index in [4.69, 9.17) is 4.74 Å². The molecule has 0 saturated carbocycles. The molecule has 2 aromatic rings. The number of hydrogen-bond donors (Lipinski definition) is 1. The Morgan fingerprint density at radius 3 is 2.50 bits per heavy atom. The summed E-state index contributed by atoms with van der Waals surface area (Å²) < 4.78 is 32.4. The van der Waals surface area contributed by atoms with Crippen molar-refractivity contribution in [1.82, 2.24) is 9.97 Å². The van der Waals surface area contributed by atoms with Gasteiger partial charge in [0.15, 0.2) is 0 Å². The molecule has 106 valence electrons. The third-order valence-corrected chi connectivity index (χ3v) is 4.67. The van der Waals surface area contributed by atoms with Crippen LogP contribution in [0.4, 0.5) is 5.69 Å². The van der Waals surface area contributed by atoms with E-state index < -0.39 is 10.0 Å². The third kappa shape index (κ3) is 3.45. The maximum atomic E-state index is 12.2. The Balaban J connectivity index is 2.22. The predicted octanol–water partition coefficient (Wildman–Crippen LogP) is 2.44. The summed E-state index contributed by atoms with van der Waals surface area (Å²) in [7, 11) is -3.69. The first-order chi connectivity index (χ1) is 9.53. The molecule has 0 atom stereocenters. The highest BCUT2D eigenvalue weighted by Gasteiger charge is 2.17. The average Bonchev–Trinajstić information content (AvgIpc) is 2.41. The minimum absolute atomic E-state index is 0.147. The van der Waals surface area contributed by atoms with Crippen LogP contribution in [-0.4, -0.2) is 25.0 Å². The van der Waals surface area contributed by atoms with Gasteiger partial charge in [0.05, 0.1) is 24.7 Å². The largest absolute Gasteiger partial charge is 0.464 e. The van der Waals surface area contributed by atoms with Crippen LogP contribution in [0.5, 0.6) is 6.01 Å². The Morgan fingerprint density at radius 1 is 1.25 bits per heavy atom. The lowest BCUT2D eigenvalue weighted by Crippen LogP contribution is -2.14. The molecule has 0 bridgehead atoms. The molecular weight excluding hydrogens is 346 g/mol. The molecule has 8 heteroatoms. The molecule has 0 unspecified atom stereocenters. The molecule has 0 radical (unpaired) electrons. The highest BCUT2D eigenvalue weighted by Crippen LogP contribution is 2.23. The van der Waals surface area contributed by atoms with Gasteiger partial charge in [0, 0.05) is 4.47 Å². The Labute approximate surface area is 125 Å². The van der Waals surface area contributed by atoms with E-state index in [-0.39, 0.29) is 16.6 Å². The van der Waals surface area contributed by atoms with Crippen molar-refractivity contribution in [1.29, 1.82) is 0 Å². The van der Waals surface area contributed by atoms with Crippen LogP contribution in [-0.2, 0) is 10.0 Å². The zero-order chi connectivity index (χ0) is 14.6. The second-order valence-electron chi connectivity index (χ2n) is 3.72. The highest BCUT2D eigenvalue weighted by atomic mass is 79.9. The minimum Gasteiger partial charge on any atom is -0.464 e. The van der Waals surface area contributed by atoms with E-state index in [1.54, 1.807) is 18.2 Å². The molecule has 2 rings (SSSR count). The van der Waals surface area contributed by atoms with Crippen molar-refractivity contribution in [3.05, 3.63) is 41.1 Å². The maximum Gasteiger partial charge on any atom is 0.316 e. The Kier molecular flexibility index (Phi) is 4.56. The number of aromatic nitrogens is 2. The smallest absolute Gasteiger partial charge is 0.316 e. The Morgan fingerprint density at radius 2 is 1.90 bits per heavy atom. The summed E-state index contributed by atoms with van der Waals surface area (Å²) in [4.78, 5) is 7.94. The van der Waals surface area contributed by atoms with Crippen molar-refractivity contribution >= 4 is 31.6 Å². The molecule has 0 spiro atoms. The lowest BCUT2D eigenvalue weighted by atomic mass is 10.4. The molecule has 1 aromatic heterocycles. The third-order valence-electron chi connectivity index (χ3n) is 2.28. The van der Waals surface area contributed by atoms with Crippen LogP contribution >= 0.6 is 15.9 Å². The molecule has 1 aromatic carbocycles. The molecule has 6 nitrogen and oxygen atoms in total. The number of anilines is 1. The minimum atomic E-state index is -3.69. The second-order valence-corrected chi connectivity index (χ2v) is 6.23. The Hall–Kier alpha value is -1.67. The average molecular weight is 358 g/mol. The quantitative estimate of drug-likeness (QED) is 0.888. The number of nitrogens with one attached hydrogen (secondary N) is 1. The SMILES string of the molecule is CCOc1ncc(NS(=O)(=O)c2ccccc2Br)cn1. The van der Waals surface area contributed by atoms with Gasteiger partial charge in [-0.05, 0) is 35.0 Å². The number of sulfonamides is 1. The lowest BCUT2D eigenvalue weighted by Gasteiger charge is -2.09. The summed E-state index contributed by atoms with van der Waals surface area (Å²) in [6.45, 7) is 2.26. The molecule has 0 saturated heterocycles. The zero-order valence-corrected chi connectivity index (χ0v) is 13.0. The summed E-state index contributed by atoms with van der Waals surface area (Å²) in [5.41, 5.74) is 0.268. The van der Waals surface area contributed by atoms with Gasteiger partial charge in [0.2, 0.25) is 0 Å². The van der Waals surface area contributed by atoms with Crippen LogP contribution < -0.4 is 9.46 Å². The summed E-state index contributed by atoms with van der Waals surface area (Å²) in [5, 5.41) is 0. The van der Waals surface area contributed by atoms with E-state index in [0.717, 1.165) is 0 Å². The van der Waals surface area contributed by atoms with Crippen LogP contribution in [0.1, 0.15) is 6.92 Å². The van der Waals surface area contributed by atoms with E-state index in [0.29, 0.717) is 11.1 Å². The summed E-state index contributed by atoms with van der Waals surface area (Å²) >= 11 is 3.21. The molecule has 20 heavy (non-hydrogen) atoms. The number of benzene rings is 1.